The average Bonchev–Trinajstić information content (AvgIpc) is 2.94. The highest BCUT2D eigenvalue weighted by Crippen LogP contribution is 2.29. The summed E-state index contributed by atoms with van der Waals surface area (Å²) in [6.45, 7) is 0. The largest absolute Gasteiger partial charge is 0.431 e. The van der Waals surface area contributed by atoms with Crippen LogP contribution in [0.3, 0.4) is 0 Å². The summed E-state index contributed by atoms with van der Waals surface area (Å²) < 4.78 is 11.8. The summed E-state index contributed by atoms with van der Waals surface area (Å²) in [6, 6.07) is 14.8. The van der Waals surface area contributed by atoms with Crippen molar-refractivity contribution in [3.8, 4) is 0 Å². The normalized spacial score (nSPS) is 11.3. The molecule has 2 heterocycles. The van der Waals surface area contributed by atoms with Crippen molar-refractivity contribution in [1.82, 2.24) is 4.98 Å². The van der Waals surface area contributed by atoms with Crippen LogP contribution in [0, 0.1) is 0 Å². The van der Waals surface area contributed by atoms with Crippen molar-refractivity contribution < 1.29 is 8.83 Å². The Kier molecular flexibility index (Phi) is 3.71. The smallest absolute Gasteiger partial charge is 0.336 e. The SMILES string of the molecule is O=c1cc(CSc2nc3ccccc3o2)c2ccc(Br)cc2o1. The van der Waals surface area contributed by atoms with Gasteiger partial charge in [-0.2, -0.15) is 0 Å². The molecule has 0 radical (unpaired) electrons. The van der Waals surface area contributed by atoms with Gasteiger partial charge in [0.05, 0.1) is 0 Å². The Bertz CT molecular complexity index is 1040. The summed E-state index contributed by atoms with van der Waals surface area (Å²) in [5, 5.41) is 1.50. The minimum Gasteiger partial charge on any atom is -0.431 e. The van der Waals surface area contributed by atoms with Crippen LogP contribution in [-0.2, 0) is 5.75 Å². The second kappa shape index (κ2) is 5.86. The van der Waals surface area contributed by atoms with E-state index in [4.69, 9.17) is 8.83 Å². The molecule has 0 fully saturated rings. The van der Waals surface area contributed by atoms with Gasteiger partial charge in [-0.15, -0.1) is 0 Å². The highest BCUT2D eigenvalue weighted by atomic mass is 79.9. The number of halogens is 1. The maximum atomic E-state index is 11.7. The third-order valence-corrected chi connectivity index (χ3v) is 4.79. The molecule has 0 aliphatic carbocycles. The first kappa shape index (κ1) is 14.5. The first-order chi connectivity index (χ1) is 11.2. The first-order valence-electron chi connectivity index (χ1n) is 6.90. The van der Waals surface area contributed by atoms with E-state index >= 15 is 0 Å². The predicted molar refractivity (Wildman–Crippen MR) is 93.8 cm³/mol. The van der Waals surface area contributed by atoms with Crippen LogP contribution >= 0.6 is 27.7 Å². The van der Waals surface area contributed by atoms with Crippen LogP contribution < -0.4 is 5.63 Å². The lowest BCUT2D eigenvalue weighted by Crippen LogP contribution is -1.99. The van der Waals surface area contributed by atoms with Crippen LogP contribution in [0.1, 0.15) is 5.56 Å². The van der Waals surface area contributed by atoms with Gasteiger partial charge in [-0.1, -0.05) is 39.8 Å². The number of aromatic nitrogens is 1. The molecule has 6 heteroatoms. The van der Waals surface area contributed by atoms with Gasteiger partial charge in [0.15, 0.2) is 5.58 Å². The van der Waals surface area contributed by atoms with Crippen LogP contribution in [0.15, 0.2) is 71.9 Å². The maximum absolute atomic E-state index is 11.7. The number of oxazole rings is 1. The number of rotatable bonds is 3. The van der Waals surface area contributed by atoms with Gasteiger partial charge < -0.3 is 8.83 Å². The Morgan fingerprint density at radius 1 is 1.04 bits per heavy atom. The molecule has 0 saturated heterocycles. The van der Waals surface area contributed by atoms with Crippen molar-refractivity contribution in [3.05, 3.63) is 69.0 Å². The molecule has 0 spiro atoms. The molecule has 0 aliphatic rings. The molecular formula is C17H10BrNO3S. The molecule has 114 valence electrons. The summed E-state index contributed by atoms with van der Waals surface area (Å²) in [4.78, 5) is 16.2. The monoisotopic (exact) mass is 387 g/mol. The van der Waals surface area contributed by atoms with Crippen LogP contribution in [0.4, 0.5) is 0 Å². The zero-order valence-electron chi connectivity index (χ0n) is 11.8. The van der Waals surface area contributed by atoms with Gasteiger partial charge in [-0.3, -0.25) is 0 Å². The lowest BCUT2D eigenvalue weighted by atomic mass is 10.1. The molecule has 23 heavy (non-hydrogen) atoms. The number of para-hydroxylation sites is 2. The molecule has 0 saturated carbocycles. The van der Waals surface area contributed by atoms with Crippen molar-refractivity contribution in [2.45, 2.75) is 11.0 Å². The van der Waals surface area contributed by atoms with Gasteiger partial charge in [0.2, 0.25) is 0 Å². The number of hydrogen-bond acceptors (Lipinski definition) is 5. The quantitative estimate of drug-likeness (QED) is 0.366. The summed E-state index contributed by atoms with van der Waals surface area (Å²) >= 11 is 4.84. The van der Waals surface area contributed by atoms with Gasteiger partial charge >= 0.3 is 5.63 Å². The van der Waals surface area contributed by atoms with Gasteiger partial charge in [0.1, 0.15) is 11.1 Å². The summed E-state index contributed by atoms with van der Waals surface area (Å²) in [5.41, 5.74) is 2.70. The summed E-state index contributed by atoms with van der Waals surface area (Å²) in [5.74, 6) is 0.580. The Labute approximate surface area is 143 Å². The van der Waals surface area contributed by atoms with Crippen molar-refractivity contribution >= 4 is 49.8 Å². The number of nitrogens with zero attached hydrogens (tertiary/aromatic N) is 1. The number of fused-ring (bicyclic) bond motifs is 2. The third kappa shape index (κ3) is 2.92. The molecule has 0 amide bonds. The molecule has 0 atom stereocenters. The second-order valence-electron chi connectivity index (χ2n) is 4.97. The minimum absolute atomic E-state index is 0.358. The zero-order valence-corrected chi connectivity index (χ0v) is 14.2. The fraction of sp³-hybridized carbons (Fsp3) is 0.0588. The van der Waals surface area contributed by atoms with E-state index in [1.54, 1.807) is 6.07 Å². The Morgan fingerprint density at radius 2 is 1.91 bits per heavy atom. The van der Waals surface area contributed by atoms with E-state index < -0.39 is 0 Å². The van der Waals surface area contributed by atoms with Crippen LogP contribution in [0.5, 0.6) is 0 Å². The van der Waals surface area contributed by atoms with Gasteiger partial charge in [0, 0.05) is 21.7 Å². The zero-order chi connectivity index (χ0) is 15.8. The molecular weight excluding hydrogens is 378 g/mol. The maximum Gasteiger partial charge on any atom is 0.336 e. The second-order valence-corrected chi connectivity index (χ2v) is 6.81. The predicted octanol–water partition coefficient (Wildman–Crippen LogP) is 4.99. The van der Waals surface area contributed by atoms with Crippen LogP contribution in [0.25, 0.3) is 22.1 Å². The Morgan fingerprint density at radius 3 is 2.78 bits per heavy atom. The molecule has 0 bridgehead atoms. The lowest BCUT2D eigenvalue weighted by molar-refractivity contribution is 0.489. The van der Waals surface area contributed by atoms with Gasteiger partial charge in [-0.05, 0) is 35.9 Å². The molecule has 2 aromatic carbocycles. The van der Waals surface area contributed by atoms with Gasteiger partial charge in [-0.25, -0.2) is 9.78 Å². The molecule has 2 aromatic heterocycles. The van der Waals surface area contributed by atoms with E-state index in [1.807, 2.05) is 36.4 Å². The Hall–Kier alpha value is -2.05. The van der Waals surface area contributed by atoms with E-state index in [1.165, 1.54) is 17.8 Å². The first-order valence-corrected chi connectivity index (χ1v) is 8.67. The summed E-state index contributed by atoms with van der Waals surface area (Å²) in [7, 11) is 0. The van der Waals surface area contributed by atoms with Gasteiger partial charge in [0.25, 0.3) is 5.22 Å². The van der Waals surface area contributed by atoms with Crippen molar-refractivity contribution in [2.24, 2.45) is 0 Å². The number of thioether (sulfide) groups is 1. The highest BCUT2D eigenvalue weighted by molar-refractivity contribution is 9.10. The average molecular weight is 388 g/mol. The number of benzene rings is 2. The third-order valence-electron chi connectivity index (χ3n) is 3.42. The fourth-order valence-electron chi connectivity index (χ4n) is 2.38. The molecule has 4 nitrogen and oxygen atoms in total. The highest BCUT2D eigenvalue weighted by Gasteiger charge is 2.10. The van der Waals surface area contributed by atoms with E-state index in [9.17, 15) is 4.79 Å². The van der Waals surface area contributed by atoms with Crippen LogP contribution in [0.2, 0.25) is 0 Å². The summed E-state index contributed by atoms with van der Waals surface area (Å²) in [6.07, 6.45) is 0. The Balaban J connectivity index is 1.68. The van der Waals surface area contributed by atoms with Crippen LogP contribution in [-0.4, -0.2) is 4.98 Å². The van der Waals surface area contributed by atoms with E-state index in [2.05, 4.69) is 20.9 Å². The fourth-order valence-corrected chi connectivity index (χ4v) is 3.54. The molecule has 4 rings (SSSR count). The van der Waals surface area contributed by atoms with Crippen molar-refractivity contribution in [3.63, 3.8) is 0 Å². The standard InChI is InChI=1S/C17H10BrNO3S/c18-11-5-6-12-10(7-16(20)21-15(12)8-11)9-23-17-19-13-3-1-2-4-14(13)22-17/h1-8H,9H2. The molecule has 0 N–H and O–H groups in total. The van der Waals surface area contributed by atoms with Crippen molar-refractivity contribution in [1.29, 1.82) is 0 Å². The molecule has 4 aromatic rings. The van der Waals surface area contributed by atoms with Crippen molar-refractivity contribution in [2.75, 3.05) is 0 Å². The topological polar surface area (TPSA) is 56.2 Å². The van der Waals surface area contributed by atoms with E-state index in [0.717, 1.165) is 26.5 Å². The molecule has 0 aliphatic heterocycles. The van der Waals surface area contributed by atoms with E-state index in [0.29, 0.717) is 16.6 Å². The number of hydrogen-bond donors (Lipinski definition) is 0. The molecule has 0 unspecified atom stereocenters. The lowest BCUT2D eigenvalue weighted by Gasteiger charge is -2.04. The van der Waals surface area contributed by atoms with E-state index in [-0.39, 0.29) is 5.63 Å². The minimum atomic E-state index is -0.358.